The fraction of sp³-hybridized carbons (Fsp3) is 0. The normalized spacial score (nSPS) is 12.6. The second-order valence-electron chi connectivity index (χ2n) is 16.4. The molecule has 0 unspecified atom stereocenters. The molecule has 0 aliphatic heterocycles. The molecule has 5 aromatic heterocycles. The molecule has 0 saturated carbocycles. The van der Waals surface area contributed by atoms with Crippen molar-refractivity contribution >= 4 is 141 Å². The lowest BCUT2D eigenvalue weighted by Crippen LogP contribution is -1.93. The molecule has 5 heteroatoms. The van der Waals surface area contributed by atoms with E-state index < -0.39 is 0 Å². The highest BCUT2D eigenvalue weighted by molar-refractivity contribution is 7.25. The van der Waals surface area contributed by atoms with E-state index in [1.807, 2.05) is 23.5 Å². The maximum absolute atomic E-state index is 6.33. The summed E-state index contributed by atoms with van der Waals surface area (Å²) in [5.74, 6) is 0. The molecule has 282 valence electrons. The van der Waals surface area contributed by atoms with E-state index in [1.165, 1.54) is 96.1 Å². The molecule has 5 heterocycles. The van der Waals surface area contributed by atoms with Crippen LogP contribution in [-0.4, -0.2) is 9.13 Å². The largest absolute Gasteiger partial charge is 0.456 e. The first-order valence-corrected chi connectivity index (χ1v) is 21.5. The third-order valence-electron chi connectivity index (χ3n) is 13.3. The summed E-state index contributed by atoms with van der Waals surface area (Å²) in [7, 11) is 0. The molecule has 0 N–H and O–H groups in total. The lowest BCUT2D eigenvalue weighted by Gasteiger charge is -2.10. The van der Waals surface area contributed by atoms with E-state index in [4.69, 9.17) is 8.83 Å². The first-order valence-electron chi connectivity index (χ1n) is 20.7. The van der Waals surface area contributed by atoms with Crippen LogP contribution in [0.15, 0.2) is 191 Å². The first kappa shape index (κ1) is 32.0. The van der Waals surface area contributed by atoms with Crippen LogP contribution in [0.5, 0.6) is 0 Å². The molecule has 0 aliphatic rings. The third-order valence-corrected chi connectivity index (χ3v) is 14.4. The molecule has 0 atom stereocenters. The SMILES string of the molecule is c1ccc2c(c1)oc1ccc3cc4c5ccccc5n(-c5ccc6c(c5)sc5cc(-n7c8ccccc8c8cc9ccc%10oc%11ccccc%11c%10c9cc87)ccc56)c4cc3c12. The Kier molecular flexibility index (Phi) is 6.01. The van der Waals surface area contributed by atoms with Crippen molar-refractivity contribution in [2.24, 2.45) is 0 Å². The monoisotopic (exact) mass is 794 g/mol. The maximum Gasteiger partial charge on any atom is 0.136 e. The highest BCUT2D eigenvalue weighted by Crippen LogP contribution is 2.44. The number of rotatable bonds is 2. The van der Waals surface area contributed by atoms with Gasteiger partial charge in [0.2, 0.25) is 0 Å². The molecule has 15 aromatic rings. The van der Waals surface area contributed by atoms with E-state index in [2.05, 4.69) is 179 Å². The smallest absolute Gasteiger partial charge is 0.136 e. The highest BCUT2D eigenvalue weighted by atomic mass is 32.1. The predicted octanol–water partition coefficient (Wildman–Crippen LogP) is 16.4. The number of aromatic nitrogens is 2. The molecule has 0 fully saturated rings. The summed E-state index contributed by atoms with van der Waals surface area (Å²) >= 11 is 1.87. The van der Waals surface area contributed by atoms with Crippen LogP contribution >= 0.6 is 11.3 Å². The van der Waals surface area contributed by atoms with Crippen molar-refractivity contribution in [3.05, 3.63) is 182 Å². The lowest BCUT2D eigenvalue weighted by molar-refractivity contribution is 0.669. The van der Waals surface area contributed by atoms with Crippen molar-refractivity contribution < 1.29 is 8.83 Å². The minimum absolute atomic E-state index is 0.917. The molecule has 0 aliphatic carbocycles. The Labute approximate surface area is 350 Å². The Morgan fingerprint density at radius 3 is 1.23 bits per heavy atom. The van der Waals surface area contributed by atoms with Gasteiger partial charge in [-0.3, -0.25) is 0 Å². The van der Waals surface area contributed by atoms with Gasteiger partial charge in [-0.25, -0.2) is 0 Å². The summed E-state index contributed by atoms with van der Waals surface area (Å²) in [4.78, 5) is 0. The van der Waals surface area contributed by atoms with Crippen molar-refractivity contribution in [2.75, 3.05) is 0 Å². The number of thiophene rings is 1. The van der Waals surface area contributed by atoms with Crippen LogP contribution in [0.25, 0.3) is 141 Å². The topological polar surface area (TPSA) is 36.1 Å². The van der Waals surface area contributed by atoms with E-state index in [9.17, 15) is 0 Å². The van der Waals surface area contributed by atoms with E-state index >= 15 is 0 Å². The fourth-order valence-corrected chi connectivity index (χ4v) is 11.8. The first-order chi connectivity index (χ1) is 30.2. The zero-order valence-electron chi connectivity index (χ0n) is 32.4. The van der Waals surface area contributed by atoms with Crippen LogP contribution in [0.2, 0.25) is 0 Å². The molecule has 61 heavy (non-hydrogen) atoms. The second kappa shape index (κ2) is 11.4. The number of nitrogens with zero attached hydrogens (tertiary/aromatic N) is 2. The van der Waals surface area contributed by atoms with Gasteiger partial charge in [-0.2, -0.15) is 0 Å². The maximum atomic E-state index is 6.33. The lowest BCUT2D eigenvalue weighted by atomic mass is 10.0. The summed E-state index contributed by atoms with van der Waals surface area (Å²) in [5, 5.41) is 17.0. The number of benzene rings is 10. The molecular weight excluding hydrogens is 765 g/mol. The van der Waals surface area contributed by atoms with Crippen LogP contribution in [-0.2, 0) is 0 Å². The molecule has 0 bridgehead atoms. The van der Waals surface area contributed by atoms with Crippen LogP contribution in [0.3, 0.4) is 0 Å². The van der Waals surface area contributed by atoms with Gasteiger partial charge in [0.1, 0.15) is 22.3 Å². The number of hydrogen-bond donors (Lipinski definition) is 0. The summed E-state index contributed by atoms with van der Waals surface area (Å²) < 4.78 is 20.1. The van der Waals surface area contributed by atoms with Gasteiger partial charge in [0.05, 0.1) is 22.1 Å². The number of para-hydroxylation sites is 4. The Balaban J connectivity index is 0.942. The van der Waals surface area contributed by atoms with Crippen molar-refractivity contribution in [3.8, 4) is 11.4 Å². The van der Waals surface area contributed by atoms with Gasteiger partial charge in [0, 0.05) is 74.6 Å². The molecule has 4 nitrogen and oxygen atoms in total. The van der Waals surface area contributed by atoms with Gasteiger partial charge >= 0.3 is 0 Å². The standard InChI is InChI=1S/C56H30N2O2S/c1-5-13-45-35(9-1)43-25-31-17-23-51-55(39-11-3-7-15-49(39)59-51)41(31)29-47(43)57(45)33-19-21-37-38-22-20-34(28-54(38)61-53(37)27-33)58-46-14-6-2-10-36(46)44-26-32-18-24-52-56(42(32)30-48(44)58)40-12-4-8-16-50(40)60-52/h1-30H. The Morgan fingerprint density at radius 1 is 0.295 bits per heavy atom. The van der Waals surface area contributed by atoms with Crippen LogP contribution < -0.4 is 0 Å². The summed E-state index contributed by atoms with van der Waals surface area (Å²) in [6.45, 7) is 0. The Hall–Kier alpha value is -7.86. The number of furan rings is 2. The molecule has 0 amide bonds. The molecule has 10 aromatic carbocycles. The quantitative estimate of drug-likeness (QED) is 0.175. The summed E-state index contributed by atoms with van der Waals surface area (Å²) in [5.41, 5.74) is 10.7. The molecule has 15 rings (SSSR count). The zero-order chi connectivity index (χ0) is 39.5. The predicted molar refractivity (Wildman–Crippen MR) is 258 cm³/mol. The molecule has 0 spiro atoms. The molecular formula is C56H30N2O2S. The minimum atomic E-state index is 0.917. The van der Waals surface area contributed by atoms with Crippen molar-refractivity contribution in [1.82, 2.24) is 9.13 Å². The van der Waals surface area contributed by atoms with E-state index in [1.54, 1.807) is 0 Å². The number of fused-ring (bicyclic) bond motifs is 19. The van der Waals surface area contributed by atoms with E-state index in [0.29, 0.717) is 0 Å². The zero-order valence-corrected chi connectivity index (χ0v) is 33.3. The van der Waals surface area contributed by atoms with Gasteiger partial charge in [-0.05, 0) is 106 Å². The average molecular weight is 795 g/mol. The third kappa shape index (κ3) is 4.22. The van der Waals surface area contributed by atoms with Crippen LogP contribution in [0, 0.1) is 0 Å². The van der Waals surface area contributed by atoms with Crippen molar-refractivity contribution in [3.63, 3.8) is 0 Å². The molecule has 0 saturated heterocycles. The van der Waals surface area contributed by atoms with Gasteiger partial charge in [0.15, 0.2) is 0 Å². The summed E-state index contributed by atoms with van der Waals surface area (Å²) in [6.07, 6.45) is 0. The van der Waals surface area contributed by atoms with E-state index in [-0.39, 0.29) is 0 Å². The Bertz CT molecular complexity index is 4140. The molecule has 0 radical (unpaired) electrons. The van der Waals surface area contributed by atoms with Crippen LogP contribution in [0.1, 0.15) is 0 Å². The number of hydrogen-bond acceptors (Lipinski definition) is 3. The summed E-state index contributed by atoms with van der Waals surface area (Å²) in [6, 6.07) is 66.5. The average Bonchev–Trinajstić information content (AvgIpc) is 4.11. The van der Waals surface area contributed by atoms with Gasteiger partial charge in [0.25, 0.3) is 0 Å². The van der Waals surface area contributed by atoms with Crippen molar-refractivity contribution in [1.29, 1.82) is 0 Å². The van der Waals surface area contributed by atoms with Crippen LogP contribution in [0.4, 0.5) is 0 Å². The Morgan fingerprint density at radius 2 is 0.738 bits per heavy atom. The highest BCUT2D eigenvalue weighted by Gasteiger charge is 2.20. The fourth-order valence-electron chi connectivity index (χ4n) is 10.6. The van der Waals surface area contributed by atoms with Gasteiger partial charge < -0.3 is 18.0 Å². The minimum Gasteiger partial charge on any atom is -0.456 e. The van der Waals surface area contributed by atoms with Crippen molar-refractivity contribution in [2.45, 2.75) is 0 Å². The van der Waals surface area contributed by atoms with Gasteiger partial charge in [-0.1, -0.05) is 97.1 Å². The van der Waals surface area contributed by atoms with Gasteiger partial charge in [-0.15, -0.1) is 11.3 Å². The van der Waals surface area contributed by atoms with E-state index in [0.717, 1.165) is 44.5 Å². The second-order valence-corrected chi connectivity index (χ2v) is 17.5.